The normalized spacial score (nSPS) is 14.6. The van der Waals surface area contributed by atoms with Crippen LogP contribution in [0.15, 0.2) is 77.7 Å². The van der Waals surface area contributed by atoms with Crippen molar-refractivity contribution in [1.82, 2.24) is 5.32 Å². The number of rotatable bonds is 10. The van der Waals surface area contributed by atoms with Crippen molar-refractivity contribution in [2.24, 2.45) is 0 Å². The summed E-state index contributed by atoms with van der Waals surface area (Å²) >= 11 is 0. The number of hydrogen-bond donors (Lipinski definition) is 1. The Kier molecular flexibility index (Phi) is 8.94. The average molecular weight is 536 g/mol. The lowest BCUT2D eigenvalue weighted by Gasteiger charge is -2.29. The summed E-state index contributed by atoms with van der Waals surface area (Å²) < 4.78 is 33.9. The van der Waals surface area contributed by atoms with Crippen molar-refractivity contribution in [3.8, 4) is 5.75 Å². The predicted octanol–water partition coefficient (Wildman–Crippen LogP) is 5.46. The first kappa shape index (κ1) is 27.5. The van der Waals surface area contributed by atoms with Crippen molar-refractivity contribution in [2.45, 2.75) is 51.0 Å². The van der Waals surface area contributed by atoms with Gasteiger partial charge in [-0.3, -0.25) is 9.10 Å². The van der Waals surface area contributed by atoms with Crippen molar-refractivity contribution < 1.29 is 17.9 Å². The van der Waals surface area contributed by atoms with Gasteiger partial charge in [0.25, 0.3) is 10.0 Å². The van der Waals surface area contributed by atoms with Gasteiger partial charge in [-0.25, -0.2) is 8.42 Å². The average Bonchev–Trinajstić information content (AvgIpc) is 2.93. The minimum absolute atomic E-state index is 0.131. The van der Waals surface area contributed by atoms with Gasteiger partial charge in [0.2, 0.25) is 5.91 Å². The maximum atomic E-state index is 13.6. The molecule has 202 valence electrons. The van der Waals surface area contributed by atoms with Crippen molar-refractivity contribution in [3.63, 3.8) is 0 Å². The second-order valence-electron chi connectivity index (χ2n) is 9.68. The third kappa shape index (κ3) is 6.67. The summed E-state index contributed by atoms with van der Waals surface area (Å²) in [6, 6.07) is 21.3. The van der Waals surface area contributed by atoms with Crippen LogP contribution in [0.1, 0.15) is 50.3 Å². The summed E-state index contributed by atoms with van der Waals surface area (Å²) in [5.74, 6) is 0.247. The number of carbonyl (C=O) groups is 1. The summed E-state index contributed by atoms with van der Waals surface area (Å²) in [4.78, 5) is 15.7. The Labute approximate surface area is 226 Å². The van der Waals surface area contributed by atoms with E-state index >= 15 is 0 Å². The fourth-order valence-corrected chi connectivity index (χ4v) is 6.08. The SMILES string of the molecule is CCOc1ccc(N(CC(=O)NC(C)c2ccc(N3CCCCC3)cc2)S(=O)(=O)c2ccc(C)cc2)cc1. The number of piperidine rings is 1. The van der Waals surface area contributed by atoms with Crippen molar-refractivity contribution in [2.75, 3.05) is 35.4 Å². The molecule has 3 aromatic carbocycles. The standard InChI is InChI=1S/C30H37N3O4S/c1-4-37-28-16-14-27(15-17-28)33(38(35,36)29-18-8-23(2)9-19-29)22-30(34)31-24(3)25-10-12-26(13-11-25)32-20-6-5-7-21-32/h8-19,24H,4-7,20-22H2,1-3H3,(H,31,34). The lowest BCUT2D eigenvalue weighted by molar-refractivity contribution is -0.120. The Morgan fingerprint density at radius 3 is 2.18 bits per heavy atom. The van der Waals surface area contributed by atoms with E-state index in [2.05, 4.69) is 22.3 Å². The van der Waals surface area contributed by atoms with Crippen LogP contribution < -0.4 is 19.3 Å². The second kappa shape index (κ2) is 12.3. The zero-order valence-corrected chi connectivity index (χ0v) is 23.2. The number of hydrogen-bond acceptors (Lipinski definition) is 5. The van der Waals surface area contributed by atoms with Gasteiger partial charge in [-0.05, 0) is 94.1 Å². The first-order valence-electron chi connectivity index (χ1n) is 13.2. The molecule has 7 nitrogen and oxygen atoms in total. The Hall–Kier alpha value is -3.52. The van der Waals surface area contributed by atoms with Gasteiger partial charge in [0.05, 0.1) is 23.2 Å². The summed E-state index contributed by atoms with van der Waals surface area (Å²) in [6.07, 6.45) is 3.71. The highest BCUT2D eigenvalue weighted by Gasteiger charge is 2.28. The van der Waals surface area contributed by atoms with E-state index in [0.717, 1.165) is 28.5 Å². The second-order valence-corrected chi connectivity index (χ2v) is 11.5. The molecule has 1 saturated heterocycles. The quantitative estimate of drug-likeness (QED) is 0.373. The number of nitrogens with zero attached hydrogens (tertiary/aromatic N) is 2. The van der Waals surface area contributed by atoms with Crippen molar-refractivity contribution >= 4 is 27.3 Å². The first-order chi connectivity index (χ1) is 18.3. The maximum absolute atomic E-state index is 13.6. The number of aryl methyl sites for hydroxylation is 1. The third-order valence-corrected chi connectivity index (χ3v) is 8.61. The molecule has 1 unspecified atom stereocenters. The van der Waals surface area contributed by atoms with Crippen LogP contribution in [0.4, 0.5) is 11.4 Å². The Bertz CT molecular complexity index is 1300. The molecule has 1 aliphatic rings. The van der Waals surface area contributed by atoms with Crippen LogP contribution >= 0.6 is 0 Å². The molecule has 0 aliphatic carbocycles. The van der Waals surface area contributed by atoms with Gasteiger partial charge < -0.3 is 15.0 Å². The van der Waals surface area contributed by atoms with Gasteiger partial charge in [0, 0.05) is 18.8 Å². The summed E-state index contributed by atoms with van der Waals surface area (Å²) in [5, 5.41) is 2.98. The zero-order chi connectivity index (χ0) is 27.1. The molecule has 0 spiro atoms. The number of carbonyl (C=O) groups excluding carboxylic acids is 1. The largest absolute Gasteiger partial charge is 0.494 e. The van der Waals surface area contributed by atoms with Gasteiger partial charge in [-0.1, -0.05) is 29.8 Å². The molecule has 1 atom stereocenters. The lowest BCUT2D eigenvalue weighted by atomic mass is 10.1. The minimum atomic E-state index is -3.98. The van der Waals surface area contributed by atoms with E-state index in [1.807, 2.05) is 32.9 Å². The van der Waals surface area contributed by atoms with Crippen LogP contribution in [0.5, 0.6) is 5.75 Å². The number of amides is 1. The van der Waals surface area contributed by atoms with E-state index in [1.165, 1.54) is 24.9 Å². The molecule has 0 aromatic heterocycles. The van der Waals surface area contributed by atoms with Crippen LogP contribution in [0.25, 0.3) is 0 Å². The van der Waals surface area contributed by atoms with Crippen LogP contribution in [0, 0.1) is 6.92 Å². The van der Waals surface area contributed by atoms with E-state index in [9.17, 15) is 13.2 Å². The van der Waals surface area contributed by atoms with Crippen LogP contribution in [-0.2, 0) is 14.8 Å². The molecule has 1 amide bonds. The molecule has 8 heteroatoms. The number of benzene rings is 3. The molecule has 3 aromatic rings. The van der Waals surface area contributed by atoms with E-state index in [-0.39, 0.29) is 23.4 Å². The fourth-order valence-electron chi connectivity index (χ4n) is 4.65. The van der Waals surface area contributed by atoms with Crippen LogP contribution in [-0.4, -0.2) is 40.6 Å². The van der Waals surface area contributed by atoms with E-state index in [1.54, 1.807) is 48.5 Å². The summed E-state index contributed by atoms with van der Waals surface area (Å²) in [5.41, 5.74) is 3.50. The van der Waals surface area contributed by atoms with E-state index < -0.39 is 10.0 Å². The predicted molar refractivity (Wildman–Crippen MR) is 152 cm³/mol. The monoisotopic (exact) mass is 535 g/mol. The molecule has 1 heterocycles. The number of sulfonamides is 1. The van der Waals surface area contributed by atoms with Gasteiger partial charge in [-0.15, -0.1) is 0 Å². The summed E-state index contributed by atoms with van der Waals surface area (Å²) in [7, 11) is -3.98. The topological polar surface area (TPSA) is 79.0 Å². The zero-order valence-electron chi connectivity index (χ0n) is 22.4. The molecule has 4 rings (SSSR count). The van der Waals surface area contributed by atoms with Gasteiger partial charge >= 0.3 is 0 Å². The molecular formula is C30H37N3O4S. The molecule has 0 radical (unpaired) electrons. The minimum Gasteiger partial charge on any atom is -0.494 e. The van der Waals surface area contributed by atoms with Crippen LogP contribution in [0.2, 0.25) is 0 Å². The lowest BCUT2D eigenvalue weighted by Crippen LogP contribution is -2.41. The van der Waals surface area contributed by atoms with Gasteiger partial charge in [0.15, 0.2) is 0 Å². The third-order valence-electron chi connectivity index (χ3n) is 6.82. The molecular weight excluding hydrogens is 498 g/mol. The van der Waals surface area contributed by atoms with E-state index in [4.69, 9.17) is 4.74 Å². The van der Waals surface area contributed by atoms with E-state index in [0.29, 0.717) is 18.0 Å². The molecule has 1 aliphatic heterocycles. The van der Waals surface area contributed by atoms with Gasteiger partial charge in [-0.2, -0.15) is 0 Å². The highest BCUT2D eigenvalue weighted by molar-refractivity contribution is 7.92. The molecule has 0 saturated carbocycles. The fraction of sp³-hybridized carbons (Fsp3) is 0.367. The van der Waals surface area contributed by atoms with Gasteiger partial charge in [0.1, 0.15) is 12.3 Å². The number of anilines is 2. The smallest absolute Gasteiger partial charge is 0.264 e. The number of nitrogens with one attached hydrogen (secondary N) is 1. The Balaban J connectivity index is 1.51. The molecule has 1 N–H and O–H groups in total. The van der Waals surface area contributed by atoms with Crippen LogP contribution in [0.3, 0.4) is 0 Å². The first-order valence-corrected chi connectivity index (χ1v) is 14.7. The molecule has 1 fully saturated rings. The molecule has 38 heavy (non-hydrogen) atoms. The summed E-state index contributed by atoms with van der Waals surface area (Å²) in [6.45, 7) is 7.99. The highest BCUT2D eigenvalue weighted by Crippen LogP contribution is 2.27. The van der Waals surface area contributed by atoms with Crippen molar-refractivity contribution in [3.05, 3.63) is 83.9 Å². The molecule has 0 bridgehead atoms. The number of ether oxygens (including phenoxy) is 1. The Morgan fingerprint density at radius 2 is 1.58 bits per heavy atom. The Morgan fingerprint density at radius 1 is 0.947 bits per heavy atom. The highest BCUT2D eigenvalue weighted by atomic mass is 32.2. The van der Waals surface area contributed by atoms with Crippen molar-refractivity contribution in [1.29, 1.82) is 0 Å². The maximum Gasteiger partial charge on any atom is 0.264 e.